The molecule has 3 heterocycles. The molecule has 0 radical (unpaired) electrons. The van der Waals surface area contributed by atoms with Gasteiger partial charge in [-0.1, -0.05) is 41.7 Å². The number of benzene rings is 1. The number of rotatable bonds is 5. The number of carbonyl (C=O) groups is 1. The molecule has 1 aliphatic rings. The second kappa shape index (κ2) is 7.16. The summed E-state index contributed by atoms with van der Waals surface area (Å²) < 4.78 is 1.14. The maximum atomic E-state index is 12.9. The summed E-state index contributed by atoms with van der Waals surface area (Å²) in [5, 5.41) is 0.941. The number of ketones is 1. The number of aryl methyl sites for hydroxylation is 3. The molecule has 3 aromatic rings. The number of fused-ring (bicyclic) bond motifs is 1. The third kappa shape index (κ3) is 3.23. The third-order valence-corrected chi connectivity index (χ3v) is 6.48. The first-order valence-electron chi connectivity index (χ1n) is 9.19. The molecule has 0 unspecified atom stereocenters. The molecular formula is C21H23N3OS. The first-order chi connectivity index (χ1) is 12.6. The zero-order valence-corrected chi connectivity index (χ0v) is 16.1. The van der Waals surface area contributed by atoms with E-state index in [1.807, 2.05) is 24.4 Å². The average molecular weight is 366 g/mol. The monoisotopic (exact) mass is 365 g/mol. The fraction of sp³-hybridized carbons (Fsp3) is 0.381. The highest BCUT2D eigenvalue weighted by molar-refractivity contribution is 7.22. The summed E-state index contributed by atoms with van der Waals surface area (Å²) in [7, 11) is 0. The molecule has 0 saturated carbocycles. The van der Waals surface area contributed by atoms with E-state index in [-0.39, 0.29) is 6.04 Å². The molecule has 5 heteroatoms. The fourth-order valence-electron chi connectivity index (χ4n) is 3.60. The van der Waals surface area contributed by atoms with Crippen LogP contribution in [0.15, 0.2) is 36.5 Å². The van der Waals surface area contributed by atoms with Gasteiger partial charge in [-0.15, -0.1) is 0 Å². The summed E-state index contributed by atoms with van der Waals surface area (Å²) in [5.41, 5.74) is 4.45. The van der Waals surface area contributed by atoms with Crippen molar-refractivity contribution in [2.45, 2.75) is 45.6 Å². The highest BCUT2D eigenvalue weighted by Gasteiger charge is 2.32. The van der Waals surface area contributed by atoms with Crippen molar-refractivity contribution < 1.29 is 4.79 Å². The van der Waals surface area contributed by atoms with E-state index in [0.29, 0.717) is 12.2 Å². The Morgan fingerprint density at radius 2 is 2.08 bits per heavy atom. The fourth-order valence-corrected chi connectivity index (χ4v) is 4.75. The molecular weight excluding hydrogens is 342 g/mol. The number of nitrogens with zero attached hydrogens (tertiary/aromatic N) is 3. The van der Waals surface area contributed by atoms with Crippen molar-refractivity contribution in [3.63, 3.8) is 0 Å². The molecule has 0 bridgehead atoms. The maximum absolute atomic E-state index is 12.9. The number of anilines is 1. The molecule has 134 valence electrons. The summed E-state index contributed by atoms with van der Waals surface area (Å²) in [4.78, 5) is 24.3. The Balaban J connectivity index is 1.53. The van der Waals surface area contributed by atoms with E-state index >= 15 is 0 Å². The predicted molar refractivity (Wildman–Crippen MR) is 107 cm³/mol. The second-order valence-electron chi connectivity index (χ2n) is 7.02. The predicted octanol–water partition coefficient (Wildman–Crippen LogP) is 4.48. The van der Waals surface area contributed by atoms with Crippen LogP contribution in [0, 0.1) is 13.8 Å². The number of carbonyl (C=O) groups excluding carboxylic acids is 1. The van der Waals surface area contributed by atoms with Gasteiger partial charge in [-0.05, 0) is 49.8 Å². The minimum Gasteiger partial charge on any atom is -0.338 e. The number of Topliss-reactive ketones (excluding diaryl/α,β-unsaturated/α-hetero) is 1. The number of hydrogen-bond acceptors (Lipinski definition) is 5. The van der Waals surface area contributed by atoms with Gasteiger partial charge in [-0.25, -0.2) is 4.98 Å². The van der Waals surface area contributed by atoms with Gasteiger partial charge in [0.2, 0.25) is 0 Å². The Labute approximate surface area is 157 Å². The zero-order valence-electron chi connectivity index (χ0n) is 15.2. The van der Waals surface area contributed by atoms with Crippen LogP contribution in [0.5, 0.6) is 0 Å². The standard InChI is InChI=1S/C21H23N3OS/c1-14-13-22-20-19(15(14)2)26-21(23-20)24-12-6-9-17(24)18(25)11-10-16-7-4-3-5-8-16/h3-5,7-8,13,17H,6,9-12H2,1-2H3/t17-/m1/s1. The maximum Gasteiger partial charge on any atom is 0.188 e. The van der Waals surface area contributed by atoms with Crippen molar-refractivity contribution in [2.75, 3.05) is 11.4 Å². The van der Waals surface area contributed by atoms with Gasteiger partial charge in [0.25, 0.3) is 0 Å². The van der Waals surface area contributed by atoms with E-state index < -0.39 is 0 Å². The van der Waals surface area contributed by atoms with Crippen LogP contribution in [0.2, 0.25) is 0 Å². The largest absolute Gasteiger partial charge is 0.338 e. The number of hydrogen-bond donors (Lipinski definition) is 0. The van der Waals surface area contributed by atoms with Gasteiger partial charge in [0, 0.05) is 19.2 Å². The van der Waals surface area contributed by atoms with Crippen LogP contribution in [0.25, 0.3) is 10.3 Å². The number of thiazole rings is 1. The van der Waals surface area contributed by atoms with Crippen molar-refractivity contribution in [1.82, 2.24) is 9.97 Å². The van der Waals surface area contributed by atoms with Crippen molar-refractivity contribution in [3.8, 4) is 0 Å². The van der Waals surface area contributed by atoms with Gasteiger partial charge in [-0.3, -0.25) is 4.79 Å². The van der Waals surface area contributed by atoms with E-state index in [0.717, 1.165) is 41.3 Å². The van der Waals surface area contributed by atoms with Crippen LogP contribution in [0.4, 0.5) is 5.13 Å². The lowest BCUT2D eigenvalue weighted by Gasteiger charge is -2.22. The smallest absolute Gasteiger partial charge is 0.188 e. The van der Waals surface area contributed by atoms with Gasteiger partial charge in [0.15, 0.2) is 16.6 Å². The molecule has 1 fully saturated rings. The van der Waals surface area contributed by atoms with Crippen LogP contribution in [0.1, 0.15) is 36.0 Å². The van der Waals surface area contributed by atoms with Gasteiger partial charge in [-0.2, -0.15) is 4.98 Å². The molecule has 0 amide bonds. The Morgan fingerprint density at radius 1 is 1.27 bits per heavy atom. The van der Waals surface area contributed by atoms with E-state index in [2.05, 4.69) is 35.9 Å². The number of aromatic nitrogens is 2. The van der Waals surface area contributed by atoms with Crippen molar-refractivity contribution in [2.24, 2.45) is 0 Å². The van der Waals surface area contributed by atoms with Gasteiger partial charge < -0.3 is 4.90 Å². The molecule has 0 N–H and O–H groups in total. The van der Waals surface area contributed by atoms with E-state index in [9.17, 15) is 4.79 Å². The van der Waals surface area contributed by atoms with Crippen LogP contribution < -0.4 is 4.90 Å². The Kier molecular flexibility index (Phi) is 4.72. The zero-order chi connectivity index (χ0) is 18.1. The lowest BCUT2D eigenvalue weighted by molar-refractivity contribution is -0.120. The lowest BCUT2D eigenvalue weighted by Crippen LogP contribution is -2.36. The van der Waals surface area contributed by atoms with Gasteiger partial charge in [0.05, 0.1) is 10.7 Å². The highest BCUT2D eigenvalue weighted by atomic mass is 32.1. The van der Waals surface area contributed by atoms with Crippen molar-refractivity contribution in [3.05, 3.63) is 53.2 Å². The topological polar surface area (TPSA) is 46.1 Å². The molecule has 1 aliphatic heterocycles. The Hall–Kier alpha value is -2.27. The third-order valence-electron chi connectivity index (χ3n) is 5.28. The SMILES string of the molecule is Cc1cnc2nc(N3CCC[C@@H]3C(=O)CCc3ccccc3)sc2c1C. The summed E-state index contributed by atoms with van der Waals surface area (Å²) in [6.07, 6.45) is 5.25. The second-order valence-corrected chi connectivity index (χ2v) is 8.00. The van der Waals surface area contributed by atoms with E-state index in [1.54, 1.807) is 11.3 Å². The van der Waals surface area contributed by atoms with E-state index in [4.69, 9.17) is 4.98 Å². The first kappa shape index (κ1) is 17.2. The van der Waals surface area contributed by atoms with Crippen LogP contribution >= 0.6 is 11.3 Å². The summed E-state index contributed by atoms with van der Waals surface area (Å²) in [5.74, 6) is 0.325. The van der Waals surface area contributed by atoms with Gasteiger partial charge in [0.1, 0.15) is 0 Å². The minimum absolute atomic E-state index is 0.0410. The molecule has 26 heavy (non-hydrogen) atoms. The molecule has 2 aromatic heterocycles. The summed E-state index contributed by atoms with van der Waals surface area (Å²) in [6, 6.07) is 10.2. The molecule has 1 atom stereocenters. The van der Waals surface area contributed by atoms with Crippen LogP contribution in [0.3, 0.4) is 0 Å². The highest BCUT2D eigenvalue weighted by Crippen LogP contribution is 2.35. The molecule has 4 nitrogen and oxygen atoms in total. The van der Waals surface area contributed by atoms with Crippen LogP contribution in [-0.4, -0.2) is 28.3 Å². The minimum atomic E-state index is -0.0410. The molecule has 0 aliphatic carbocycles. The summed E-state index contributed by atoms with van der Waals surface area (Å²) >= 11 is 1.67. The molecule has 4 rings (SSSR count). The van der Waals surface area contributed by atoms with Gasteiger partial charge >= 0.3 is 0 Å². The molecule has 1 saturated heterocycles. The first-order valence-corrected chi connectivity index (χ1v) is 10.0. The normalized spacial score (nSPS) is 17.2. The quantitative estimate of drug-likeness (QED) is 0.669. The lowest BCUT2D eigenvalue weighted by atomic mass is 10.0. The van der Waals surface area contributed by atoms with E-state index in [1.165, 1.54) is 16.7 Å². The van der Waals surface area contributed by atoms with Crippen molar-refractivity contribution >= 4 is 32.6 Å². The van der Waals surface area contributed by atoms with Crippen LogP contribution in [-0.2, 0) is 11.2 Å². The molecule has 1 aromatic carbocycles. The summed E-state index contributed by atoms with van der Waals surface area (Å²) in [6.45, 7) is 5.10. The molecule has 0 spiro atoms. The Morgan fingerprint density at radius 3 is 2.88 bits per heavy atom. The average Bonchev–Trinajstić information content (AvgIpc) is 3.30. The van der Waals surface area contributed by atoms with Crippen molar-refractivity contribution in [1.29, 1.82) is 0 Å². The number of pyridine rings is 1. The Bertz CT molecular complexity index is 935.